The molecule has 100 valence electrons. The average molecular weight is 274 g/mol. The smallest absolute Gasteiger partial charge is 0.221 e. The van der Waals surface area contributed by atoms with Crippen LogP contribution in [0.25, 0.3) is 0 Å². The predicted molar refractivity (Wildman–Crippen MR) is 66.2 cm³/mol. The number of nitrogens with two attached hydrogens (primary N) is 1. The summed E-state index contributed by atoms with van der Waals surface area (Å²) in [5.41, 5.74) is 5.31. The van der Waals surface area contributed by atoms with Gasteiger partial charge in [0.15, 0.2) is 9.84 Å². The molecule has 0 bridgehead atoms. The number of carbonyl (C=O) groups excluding carboxylic acids is 1. The van der Waals surface area contributed by atoms with Crippen molar-refractivity contribution >= 4 is 21.4 Å². The Kier molecular flexibility index (Phi) is 4.66. The van der Waals surface area contributed by atoms with Crippen molar-refractivity contribution < 1.29 is 17.6 Å². The van der Waals surface area contributed by atoms with Crippen LogP contribution in [0.2, 0.25) is 0 Å². The first-order valence-corrected chi connectivity index (χ1v) is 7.06. The van der Waals surface area contributed by atoms with Crippen LogP contribution in [0.4, 0.5) is 10.1 Å². The van der Waals surface area contributed by atoms with E-state index < -0.39 is 15.7 Å². The summed E-state index contributed by atoms with van der Waals surface area (Å²) in [6.45, 7) is 2.18. The lowest BCUT2D eigenvalue weighted by atomic mass is 10.3. The molecular formula is C11H15FN2O3S. The van der Waals surface area contributed by atoms with Crippen molar-refractivity contribution in [2.75, 3.05) is 18.0 Å². The van der Waals surface area contributed by atoms with Gasteiger partial charge in [-0.05, 0) is 25.1 Å². The zero-order valence-corrected chi connectivity index (χ0v) is 10.8. The van der Waals surface area contributed by atoms with Crippen LogP contribution in [0.1, 0.15) is 13.3 Å². The fourth-order valence-electron chi connectivity index (χ4n) is 1.43. The van der Waals surface area contributed by atoms with E-state index >= 15 is 0 Å². The maximum Gasteiger partial charge on any atom is 0.221 e. The third-order valence-corrected chi connectivity index (χ3v) is 4.06. The highest BCUT2D eigenvalue weighted by molar-refractivity contribution is 7.91. The lowest BCUT2D eigenvalue weighted by Gasteiger charge is -2.07. The second-order valence-electron chi connectivity index (χ2n) is 3.70. The molecule has 0 saturated carbocycles. The average Bonchev–Trinajstić information content (AvgIpc) is 2.26. The molecular weight excluding hydrogens is 259 g/mol. The number of benzene rings is 1. The number of halogens is 1. The van der Waals surface area contributed by atoms with E-state index in [1.807, 2.05) is 0 Å². The minimum atomic E-state index is -3.67. The molecule has 0 unspecified atom stereocenters. The van der Waals surface area contributed by atoms with Gasteiger partial charge in [-0.25, -0.2) is 12.8 Å². The number of amides is 1. The number of anilines is 1. The maximum absolute atomic E-state index is 12.8. The van der Waals surface area contributed by atoms with Crippen LogP contribution in [0.3, 0.4) is 0 Å². The number of hydrogen-bond donors (Lipinski definition) is 2. The third kappa shape index (κ3) is 3.69. The summed E-state index contributed by atoms with van der Waals surface area (Å²) in [6, 6.07) is 3.08. The Balaban J connectivity index is 2.83. The first-order valence-electron chi connectivity index (χ1n) is 5.41. The molecule has 0 atom stereocenters. The maximum atomic E-state index is 12.8. The van der Waals surface area contributed by atoms with Crippen molar-refractivity contribution in [3.8, 4) is 0 Å². The number of carbonyl (C=O) groups is 1. The van der Waals surface area contributed by atoms with Crippen LogP contribution in [0, 0.1) is 5.82 Å². The van der Waals surface area contributed by atoms with Crippen molar-refractivity contribution in [1.82, 2.24) is 5.32 Å². The van der Waals surface area contributed by atoms with E-state index in [1.165, 1.54) is 0 Å². The van der Waals surface area contributed by atoms with Gasteiger partial charge in [0.1, 0.15) is 5.82 Å². The molecule has 0 aliphatic rings. The van der Waals surface area contributed by atoms with Gasteiger partial charge in [0.05, 0.1) is 16.3 Å². The normalized spacial score (nSPS) is 11.2. The summed E-state index contributed by atoms with van der Waals surface area (Å²) in [5, 5.41) is 2.50. The molecule has 1 aromatic rings. The Morgan fingerprint density at radius 3 is 2.67 bits per heavy atom. The van der Waals surface area contributed by atoms with Gasteiger partial charge in [0.25, 0.3) is 0 Å². The van der Waals surface area contributed by atoms with Gasteiger partial charge in [0, 0.05) is 13.0 Å². The van der Waals surface area contributed by atoms with E-state index in [0.29, 0.717) is 6.54 Å². The van der Waals surface area contributed by atoms with Gasteiger partial charge < -0.3 is 11.1 Å². The van der Waals surface area contributed by atoms with Crippen LogP contribution in [-0.4, -0.2) is 26.6 Å². The molecule has 5 nitrogen and oxygen atoms in total. The molecule has 1 aromatic carbocycles. The second kappa shape index (κ2) is 5.81. The number of rotatable bonds is 5. The van der Waals surface area contributed by atoms with E-state index in [9.17, 15) is 17.6 Å². The highest BCUT2D eigenvalue weighted by Gasteiger charge is 2.19. The largest absolute Gasteiger partial charge is 0.398 e. The van der Waals surface area contributed by atoms with Gasteiger partial charge in [-0.15, -0.1) is 0 Å². The molecule has 0 aliphatic heterocycles. The minimum Gasteiger partial charge on any atom is -0.398 e. The van der Waals surface area contributed by atoms with E-state index in [0.717, 1.165) is 18.2 Å². The topological polar surface area (TPSA) is 89.3 Å². The quantitative estimate of drug-likeness (QED) is 0.611. The molecule has 0 radical (unpaired) electrons. The summed E-state index contributed by atoms with van der Waals surface area (Å²) in [5.74, 6) is -1.30. The SMILES string of the molecule is CCNC(=O)CCS(=O)(=O)c1ccc(F)cc1N. The molecule has 18 heavy (non-hydrogen) atoms. The molecule has 1 amide bonds. The second-order valence-corrected chi connectivity index (χ2v) is 5.78. The highest BCUT2D eigenvalue weighted by Crippen LogP contribution is 2.20. The number of sulfone groups is 1. The number of nitrogens with one attached hydrogen (secondary N) is 1. The van der Waals surface area contributed by atoms with E-state index in [4.69, 9.17) is 5.73 Å². The summed E-state index contributed by atoms with van der Waals surface area (Å²) < 4.78 is 36.6. The van der Waals surface area contributed by atoms with Gasteiger partial charge in [0.2, 0.25) is 5.91 Å². The zero-order chi connectivity index (χ0) is 13.8. The molecule has 3 N–H and O–H groups in total. The fourth-order valence-corrected chi connectivity index (χ4v) is 2.79. The molecule has 0 aliphatic carbocycles. The lowest BCUT2D eigenvalue weighted by molar-refractivity contribution is -0.120. The molecule has 7 heteroatoms. The van der Waals surface area contributed by atoms with Crippen molar-refractivity contribution in [1.29, 1.82) is 0 Å². The molecule has 0 heterocycles. The summed E-state index contributed by atoms with van der Waals surface area (Å²) in [6.07, 6.45) is -0.146. The van der Waals surface area contributed by atoms with Crippen LogP contribution in [0.5, 0.6) is 0 Å². The standard InChI is InChI=1S/C11H15FN2O3S/c1-2-14-11(15)5-6-18(16,17)10-4-3-8(12)7-9(10)13/h3-4,7H,2,5-6,13H2,1H3,(H,14,15). The molecule has 1 rings (SSSR count). The first kappa shape index (κ1) is 14.4. The van der Waals surface area contributed by atoms with Gasteiger partial charge in [-0.2, -0.15) is 0 Å². The van der Waals surface area contributed by atoms with Gasteiger partial charge in [-0.3, -0.25) is 4.79 Å². The Labute approximate surface area is 105 Å². The monoisotopic (exact) mass is 274 g/mol. The van der Waals surface area contributed by atoms with E-state index in [-0.39, 0.29) is 28.7 Å². The molecule has 0 fully saturated rings. The zero-order valence-electron chi connectivity index (χ0n) is 9.94. The predicted octanol–water partition coefficient (Wildman–Crippen LogP) is 0.708. The first-order chi connectivity index (χ1) is 8.36. The van der Waals surface area contributed by atoms with E-state index in [2.05, 4.69) is 5.32 Å². The van der Waals surface area contributed by atoms with Crippen LogP contribution >= 0.6 is 0 Å². The lowest BCUT2D eigenvalue weighted by Crippen LogP contribution is -2.25. The van der Waals surface area contributed by atoms with Gasteiger partial charge in [-0.1, -0.05) is 0 Å². The Morgan fingerprint density at radius 1 is 1.44 bits per heavy atom. The molecule has 0 aromatic heterocycles. The van der Waals surface area contributed by atoms with Crippen LogP contribution in [-0.2, 0) is 14.6 Å². The summed E-state index contributed by atoms with van der Waals surface area (Å²) in [7, 11) is -3.67. The van der Waals surface area contributed by atoms with Crippen LogP contribution < -0.4 is 11.1 Å². The molecule has 0 saturated heterocycles. The van der Waals surface area contributed by atoms with Crippen molar-refractivity contribution in [2.45, 2.75) is 18.2 Å². The summed E-state index contributed by atoms with van der Waals surface area (Å²) in [4.78, 5) is 11.0. The number of hydrogen-bond acceptors (Lipinski definition) is 4. The van der Waals surface area contributed by atoms with Crippen molar-refractivity contribution in [3.05, 3.63) is 24.0 Å². The summed E-state index contributed by atoms with van der Waals surface area (Å²) >= 11 is 0. The van der Waals surface area contributed by atoms with Crippen LogP contribution in [0.15, 0.2) is 23.1 Å². The van der Waals surface area contributed by atoms with E-state index in [1.54, 1.807) is 6.92 Å². The third-order valence-electron chi connectivity index (χ3n) is 2.28. The minimum absolute atomic E-state index is 0.145. The Hall–Kier alpha value is -1.63. The molecule has 0 spiro atoms. The van der Waals surface area contributed by atoms with Crippen molar-refractivity contribution in [3.63, 3.8) is 0 Å². The highest BCUT2D eigenvalue weighted by atomic mass is 32.2. The number of nitrogen functional groups attached to an aromatic ring is 1. The Morgan fingerprint density at radius 2 is 2.11 bits per heavy atom. The fraction of sp³-hybridized carbons (Fsp3) is 0.364. The van der Waals surface area contributed by atoms with Crippen molar-refractivity contribution in [2.24, 2.45) is 0 Å². The Bertz CT molecular complexity index is 543. The van der Waals surface area contributed by atoms with Gasteiger partial charge >= 0.3 is 0 Å².